The highest BCUT2D eigenvalue weighted by Crippen LogP contribution is 2.33. The largest absolute Gasteiger partial charge is 0.416 e. The van der Waals surface area contributed by atoms with Crippen LogP contribution in [0.15, 0.2) is 18.2 Å². The van der Waals surface area contributed by atoms with Gasteiger partial charge in [-0.1, -0.05) is 11.6 Å². The number of nitrogens with one attached hydrogen (secondary N) is 1. The summed E-state index contributed by atoms with van der Waals surface area (Å²) in [6, 6.07) is 2.04. The van der Waals surface area contributed by atoms with E-state index in [1.54, 1.807) is 5.32 Å². The molecule has 1 amide bonds. The normalized spacial score (nSPS) is 11.7. The van der Waals surface area contributed by atoms with E-state index in [2.05, 4.69) is 0 Å². The maximum atomic E-state index is 12.3. The monoisotopic (exact) mass is 273 g/mol. The number of rotatable bonds is 2. The maximum Gasteiger partial charge on any atom is 0.416 e. The molecule has 1 aromatic rings. The predicted molar refractivity (Wildman–Crippen MR) is 51.1 cm³/mol. The summed E-state index contributed by atoms with van der Waals surface area (Å²) in [5.74, 6) is -1.72. The summed E-state index contributed by atoms with van der Waals surface area (Å²) in [5, 5.41) is 1.34. The molecule has 0 heterocycles. The second-order valence-electron chi connectivity index (χ2n) is 2.98. The molecule has 0 saturated heterocycles. The van der Waals surface area contributed by atoms with E-state index in [9.17, 15) is 26.7 Å². The third kappa shape index (κ3) is 3.55. The number of halogens is 6. The molecule has 0 spiro atoms. The van der Waals surface area contributed by atoms with Gasteiger partial charge in [-0.3, -0.25) is 4.79 Å². The first kappa shape index (κ1) is 13.7. The van der Waals surface area contributed by atoms with Crippen molar-refractivity contribution in [3.8, 4) is 0 Å². The Kier molecular flexibility index (Phi) is 3.92. The zero-order chi connectivity index (χ0) is 13.2. The second-order valence-corrected chi connectivity index (χ2v) is 3.39. The average Bonchev–Trinajstić information content (AvgIpc) is 2.19. The van der Waals surface area contributed by atoms with E-state index >= 15 is 0 Å². The van der Waals surface area contributed by atoms with E-state index in [4.69, 9.17) is 11.6 Å². The van der Waals surface area contributed by atoms with Crippen LogP contribution in [0.3, 0.4) is 0 Å². The fourth-order valence-electron chi connectivity index (χ4n) is 0.985. The summed E-state index contributed by atoms with van der Waals surface area (Å²) in [7, 11) is 0. The fraction of sp³-hybridized carbons (Fsp3) is 0.222. The van der Waals surface area contributed by atoms with E-state index in [1.807, 2.05) is 0 Å². The lowest BCUT2D eigenvalue weighted by Crippen LogP contribution is -2.20. The van der Waals surface area contributed by atoms with E-state index in [-0.39, 0.29) is 5.02 Å². The number of carbonyl (C=O) groups is 1. The van der Waals surface area contributed by atoms with Crippen molar-refractivity contribution in [2.24, 2.45) is 0 Å². The van der Waals surface area contributed by atoms with Crippen molar-refractivity contribution in [3.63, 3.8) is 0 Å². The molecular weight excluding hydrogens is 269 g/mol. The van der Waals surface area contributed by atoms with Crippen molar-refractivity contribution >= 4 is 23.2 Å². The highest BCUT2D eigenvalue weighted by atomic mass is 35.5. The summed E-state index contributed by atoms with van der Waals surface area (Å²) < 4.78 is 60.7. The molecular formula is C9H5ClF5NO. The van der Waals surface area contributed by atoms with Crippen LogP contribution < -0.4 is 5.32 Å². The van der Waals surface area contributed by atoms with Crippen LogP contribution in [0.4, 0.5) is 27.6 Å². The van der Waals surface area contributed by atoms with Crippen LogP contribution >= 0.6 is 11.6 Å². The van der Waals surface area contributed by atoms with Gasteiger partial charge in [0.1, 0.15) is 0 Å². The van der Waals surface area contributed by atoms with Crippen LogP contribution in [-0.4, -0.2) is 12.3 Å². The van der Waals surface area contributed by atoms with Gasteiger partial charge in [0.25, 0.3) is 5.91 Å². The SMILES string of the molecule is O=C(Nc1cc(C(F)(F)F)ccc1Cl)C(F)F. The molecule has 0 bridgehead atoms. The van der Waals surface area contributed by atoms with Crippen LogP contribution in [0, 0.1) is 0 Å². The molecule has 0 aliphatic rings. The molecule has 2 nitrogen and oxygen atoms in total. The van der Waals surface area contributed by atoms with Gasteiger partial charge in [0, 0.05) is 0 Å². The summed E-state index contributed by atoms with van der Waals surface area (Å²) in [6.07, 6.45) is -7.98. The molecule has 0 fully saturated rings. The number of anilines is 1. The molecule has 0 radical (unpaired) electrons. The van der Waals surface area contributed by atoms with Crippen LogP contribution in [0.1, 0.15) is 5.56 Å². The van der Waals surface area contributed by atoms with Crippen LogP contribution in [-0.2, 0) is 11.0 Å². The van der Waals surface area contributed by atoms with Crippen molar-refractivity contribution in [3.05, 3.63) is 28.8 Å². The molecule has 1 aromatic carbocycles. The highest BCUT2D eigenvalue weighted by Gasteiger charge is 2.31. The van der Waals surface area contributed by atoms with Crippen LogP contribution in [0.2, 0.25) is 5.02 Å². The van der Waals surface area contributed by atoms with E-state index in [0.29, 0.717) is 12.1 Å². The Bertz CT molecular complexity index is 432. The lowest BCUT2D eigenvalue weighted by molar-refractivity contribution is -0.137. The smallest absolute Gasteiger partial charge is 0.320 e. The van der Waals surface area contributed by atoms with Gasteiger partial charge in [0.05, 0.1) is 16.3 Å². The summed E-state index contributed by atoms with van der Waals surface area (Å²) in [6.45, 7) is 0. The Morgan fingerprint density at radius 1 is 1.29 bits per heavy atom. The van der Waals surface area contributed by atoms with Crippen molar-refractivity contribution in [2.75, 3.05) is 5.32 Å². The minimum Gasteiger partial charge on any atom is -0.320 e. The van der Waals surface area contributed by atoms with Gasteiger partial charge in [-0.15, -0.1) is 0 Å². The molecule has 1 N–H and O–H groups in total. The molecule has 8 heteroatoms. The Balaban J connectivity index is 3.03. The van der Waals surface area contributed by atoms with Crippen molar-refractivity contribution in [1.29, 1.82) is 0 Å². The first-order valence-electron chi connectivity index (χ1n) is 4.17. The molecule has 1 rings (SSSR count). The predicted octanol–water partition coefficient (Wildman–Crippen LogP) is 3.56. The summed E-state index contributed by atoms with van der Waals surface area (Å²) >= 11 is 5.47. The first-order valence-corrected chi connectivity index (χ1v) is 4.55. The van der Waals surface area contributed by atoms with Gasteiger partial charge >= 0.3 is 12.6 Å². The minimum absolute atomic E-state index is 0.257. The standard InChI is InChI=1S/C9H5ClF5NO/c10-5-2-1-4(9(13,14)15)3-6(5)16-8(17)7(11)12/h1-3,7H,(H,16,17). The van der Waals surface area contributed by atoms with Gasteiger partial charge in [-0.05, 0) is 18.2 Å². The zero-order valence-electron chi connectivity index (χ0n) is 7.99. The van der Waals surface area contributed by atoms with Crippen LogP contribution in [0.5, 0.6) is 0 Å². The molecule has 0 aliphatic heterocycles. The second kappa shape index (κ2) is 4.87. The van der Waals surface area contributed by atoms with Crippen molar-refractivity contribution in [2.45, 2.75) is 12.6 Å². The van der Waals surface area contributed by atoms with E-state index in [0.717, 1.165) is 6.07 Å². The van der Waals surface area contributed by atoms with Gasteiger partial charge < -0.3 is 5.32 Å². The van der Waals surface area contributed by atoms with E-state index in [1.165, 1.54) is 0 Å². The number of hydrogen-bond acceptors (Lipinski definition) is 1. The summed E-state index contributed by atoms with van der Waals surface area (Å²) in [4.78, 5) is 10.6. The fourth-order valence-corrected chi connectivity index (χ4v) is 1.15. The lowest BCUT2D eigenvalue weighted by Gasteiger charge is -2.11. The van der Waals surface area contributed by atoms with Gasteiger partial charge in [0.15, 0.2) is 0 Å². The average molecular weight is 274 g/mol. The molecule has 94 valence electrons. The van der Waals surface area contributed by atoms with E-state index < -0.39 is 29.8 Å². The quantitative estimate of drug-likeness (QED) is 0.820. The Labute approximate surface area is 97.4 Å². The Hall–Kier alpha value is -1.37. The third-order valence-electron chi connectivity index (χ3n) is 1.75. The van der Waals surface area contributed by atoms with Gasteiger partial charge in [0.2, 0.25) is 0 Å². The Morgan fingerprint density at radius 2 is 1.88 bits per heavy atom. The van der Waals surface area contributed by atoms with Crippen molar-refractivity contribution in [1.82, 2.24) is 0 Å². The van der Waals surface area contributed by atoms with Crippen molar-refractivity contribution < 1.29 is 26.7 Å². The highest BCUT2D eigenvalue weighted by molar-refractivity contribution is 6.33. The Morgan fingerprint density at radius 3 is 2.35 bits per heavy atom. The minimum atomic E-state index is -4.64. The van der Waals surface area contributed by atoms with Crippen LogP contribution in [0.25, 0.3) is 0 Å². The maximum absolute atomic E-state index is 12.3. The lowest BCUT2D eigenvalue weighted by atomic mass is 10.2. The van der Waals surface area contributed by atoms with Gasteiger partial charge in [-0.25, -0.2) is 0 Å². The number of benzene rings is 1. The molecule has 0 aliphatic carbocycles. The summed E-state index contributed by atoms with van der Waals surface area (Å²) in [5.41, 5.74) is -1.60. The molecule has 0 unspecified atom stereocenters. The molecule has 0 saturated carbocycles. The topological polar surface area (TPSA) is 29.1 Å². The first-order chi connectivity index (χ1) is 7.71. The molecule has 17 heavy (non-hydrogen) atoms. The molecule has 0 aromatic heterocycles. The molecule has 0 atom stereocenters. The number of carbonyl (C=O) groups excluding carboxylic acids is 1. The zero-order valence-corrected chi connectivity index (χ0v) is 8.74. The third-order valence-corrected chi connectivity index (χ3v) is 2.08. The van der Waals surface area contributed by atoms with Gasteiger partial charge in [-0.2, -0.15) is 22.0 Å². The number of hydrogen-bond donors (Lipinski definition) is 1. The number of amides is 1. The number of alkyl halides is 5.